The zero-order valence-electron chi connectivity index (χ0n) is 10.5. The van der Waals surface area contributed by atoms with Crippen LogP contribution in [0.2, 0.25) is 0 Å². The lowest BCUT2D eigenvalue weighted by atomic mass is 10.2. The third kappa shape index (κ3) is 2.84. The van der Waals surface area contributed by atoms with Crippen LogP contribution in [0, 0.1) is 0 Å². The molecule has 3 rings (SSSR count). The maximum Gasteiger partial charge on any atom is 0.238 e. The summed E-state index contributed by atoms with van der Waals surface area (Å²) in [6, 6.07) is 6.72. The quantitative estimate of drug-likeness (QED) is 0.829. The Balaban J connectivity index is 1.66. The molecule has 1 aliphatic carbocycles. The summed E-state index contributed by atoms with van der Waals surface area (Å²) in [6.07, 6.45) is 2.93. The lowest BCUT2D eigenvalue weighted by Crippen LogP contribution is -2.26. The van der Waals surface area contributed by atoms with Crippen molar-refractivity contribution in [3.05, 3.63) is 46.0 Å². The van der Waals surface area contributed by atoms with E-state index in [1.54, 1.807) is 24.3 Å². The van der Waals surface area contributed by atoms with Gasteiger partial charge in [-0.2, -0.15) is 0 Å². The monoisotopic (exact) mass is 311 g/mol. The highest BCUT2D eigenvalue weighted by atomic mass is 32.2. The zero-order valence-corrected chi connectivity index (χ0v) is 12.2. The molecule has 0 saturated heterocycles. The normalized spacial score (nSPS) is 15.4. The van der Waals surface area contributed by atoms with Crippen LogP contribution in [0.5, 0.6) is 0 Å². The fraction of sp³-hybridized carbons (Fsp3) is 0.308. The minimum Gasteiger partial charge on any atom is -0.461 e. The van der Waals surface area contributed by atoms with Gasteiger partial charge in [-0.25, -0.2) is 13.1 Å². The first-order valence-electron chi connectivity index (χ1n) is 6.21. The van der Waals surface area contributed by atoms with E-state index >= 15 is 0 Å². The Hall–Kier alpha value is -1.44. The Morgan fingerprint density at radius 3 is 2.80 bits per heavy atom. The number of nitrogens with one attached hydrogen (secondary N) is 1. The summed E-state index contributed by atoms with van der Waals surface area (Å²) in [5, 5.41) is -0.230. The number of ketones is 1. The van der Waals surface area contributed by atoms with Gasteiger partial charge < -0.3 is 4.42 Å². The molecule has 0 aliphatic heterocycles. The highest BCUT2D eigenvalue weighted by molar-refractivity contribution is 7.90. The molecule has 2 aromatic rings. The molecule has 0 amide bonds. The molecule has 1 fully saturated rings. The van der Waals surface area contributed by atoms with E-state index in [1.807, 2.05) is 0 Å². The molecule has 5 nitrogen and oxygen atoms in total. The molecule has 1 aliphatic rings. The van der Waals surface area contributed by atoms with Gasteiger partial charge in [-0.3, -0.25) is 4.79 Å². The minimum absolute atomic E-state index is 0.184. The van der Waals surface area contributed by atoms with E-state index in [-0.39, 0.29) is 23.3 Å². The Morgan fingerprint density at radius 2 is 2.15 bits per heavy atom. The molecule has 0 unspecified atom stereocenters. The van der Waals surface area contributed by atoms with E-state index < -0.39 is 10.0 Å². The van der Waals surface area contributed by atoms with Crippen LogP contribution >= 0.6 is 11.3 Å². The SMILES string of the molecule is O=C(c1ccco1)c1ccc(CNS(=O)(=O)C2CC2)s1. The van der Waals surface area contributed by atoms with Crippen molar-refractivity contribution in [1.29, 1.82) is 0 Å². The van der Waals surface area contributed by atoms with Gasteiger partial charge in [0.25, 0.3) is 0 Å². The second kappa shape index (κ2) is 5.16. The molecule has 2 heterocycles. The Bertz CT molecular complexity index is 711. The van der Waals surface area contributed by atoms with Gasteiger partial charge >= 0.3 is 0 Å². The summed E-state index contributed by atoms with van der Waals surface area (Å²) in [6.45, 7) is 0.231. The van der Waals surface area contributed by atoms with Gasteiger partial charge in [-0.05, 0) is 37.1 Å². The minimum atomic E-state index is -3.19. The van der Waals surface area contributed by atoms with Gasteiger partial charge in [0.2, 0.25) is 15.8 Å². The van der Waals surface area contributed by atoms with Crippen molar-refractivity contribution in [2.75, 3.05) is 0 Å². The molecule has 0 radical (unpaired) electrons. The molecule has 0 bridgehead atoms. The van der Waals surface area contributed by atoms with E-state index in [0.717, 1.165) is 17.7 Å². The topological polar surface area (TPSA) is 76.4 Å². The molecule has 0 aromatic carbocycles. The molecule has 0 spiro atoms. The van der Waals surface area contributed by atoms with Crippen molar-refractivity contribution in [1.82, 2.24) is 4.72 Å². The summed E-state index contributed by atoms with van der Waals surface area (Å²) >= 11 is 1.28. The molecule has 1 N–H and O–H groups in total. The van der Waals surface area contributed by atoms with Crippen molar-refractivity contribution in [3.63, 3.8) is 0 Å². The number of thiophene rings is 1. The highest BCUT2D eigenvalue weighted by Gasteiger charge is 2.35. The predicted octanol–water partition coefficient (Wildman–Crippen LogP) is 2.15. The van der Waals surface area contributed by atoms with Crippen LogP contribution in [-0.2, 0) is 16.6 Å². The fourth-order valence-corrected chi connectivity index (χ4v) is 4.12. The lowest BCUT2D eigenvalue weighted by Gasteiger charge is -2.02. The van der Waals surface area contributed by atoms with Crippen LogP contribution in [0.4, 0.5) is 0 Å². The number of carbonyl (C=O) groups is 1. The van der Waals surface area contributed by atoms with Crippen molar-refractivity contribution in [2.45, 2.75) is 24.6 Å². The standard InChI is InChI=1S/C13H13NO4S2/c15-13(11-2-1-7-18-11)12-6-3-9(19-12)8-14-20(16,17)10-4-5-10/h1-3,6-7,10,14H,4-5,8H2. The van der Waals surface area contributed by atoms with Gasteiger partial charge in [0, 0.05) is 11.4 Å². The number of rotatable bonds is 6. The lowest BCUT2D eigenvalue weighted by molar-refractivity contribution is 0.101. The van der Waals surface area contributed by atoms with Crippen LogP contribution in [-0.4, -0.2) is 19.5 Å². The number of carbonyl (C=O) groups excluding carboxylic acids is 1. The first-order valence-corrected chi connectivity index (χ1v) is 8.58. The highest BCUT2D eigenvalue weighted by Crippen LogP contribution is 2.28. The van der Waals surface area contributed by atoms with E-state index in [9.17, 15) is 13.2 Å². The van der Waals surface area contributed by atoms with Crippen molar-refractivity contribution < 1.29 is 17.6 Å². The van der Waals surface area contributed by atoms with E-state index in [4.69, 9.17) is 4.42 Å². The van der Waals surface area contributed by atoms with Crippen LogP contribution in [0.15, 0.2) is 34.9 Å². The number of furan rings is 1. The number of hydrogen-bond acceptors (Lipinski definition) is 5. The first-order chi connectivity index (χ1) is 9.56. The van der Waals surface area contributed by atoms with Gasteiger partial charge in [0.15, 0.2) is 5.76 Å². The fourth-order valence-electron chi connectivity index (χ4n) is 1.79. The largest absolute Gasteiger partial charge is 0.461 e. The molecule has 0 atom stereocenters. The molecular weight excluding hydrogens is 298 g/mol. The van der Waals surface area contributed by atoms with Gasteiger partial charge in [0.05, 0.1) is 16.4 Å². The van der Waals surface area contributed by atoms with E-state index in [2.05, 4.69) is 4.72 Å². The third-order valence-corrected chi connectivity index (χ3v) is 6.02. The van der Waals surface area contributed by atoms with Gasteiger partial charge in [-0.1, -0.05) is 0 Å². The van der Waals surface area contributed by atoms with Crippen molar-refractivity contribution >= 4 is 27.1 Å². The molecule has 106 valence electrons. The van der Waals surface area contributed by atoms with Crippen LogP contribution < -0.4 is 4.72 Å². The smallest absolute Gasteiger partial charge is 0.238 e. The Morgan fingerprint density at radius 1 is 1.35 bits per heavy atom. The third-order valence-electron chi connectivity index (χ3n) is 3.04. The zero-order chi connectivity index (χ0) is 14.2. The first kappa shape index (κ1) is 13.5. The summed E-state index contributed by atoms with van der Waals surface area (Å²) in [4.78, 5) is 13.4. The number of sulfonamides is 1. The van der Waals surface area contributed by atoms with Crippen molar-refractivity contribution in [3.8, 4) is 0 Å². The second-order valence-corrected chi connectivity index (χ2v) is 7.85. The summed E-state index contributed by atoms with van der Waals surface area (Å²) in [5.74, 6) is 0.105. The molecule has 20 heavy (non-hydrogen) atoms. The van der Waals surface area contributed by atoms with E-state index in [1.165, 1.54) is 17.6 Å². The summed E-state index contributed by atoms with van der Waals surface area (Å²) < 4.78 is 31.0. The van der Waals surface area contributed by atoms with Crippen LogP contribution in [0.3, 0.4) is 0 Å². The predicted molar refractivity (Wildman–Crippen MR) is 75.2 cm³/mol. The molecule has 7 heteroatoms. The second-order valence-electron chi connectivity index (χ2n) is 4.64. The maximum absolute atomic E-state index is 12.0. The Kier molecular flexibility index (Phi) is 3.49. The molecule has 1 saturated carbocycles. The molecular formula is C13H13NO4S2. The van der Waals surface area contributed by atoms with Gasteiger partial charge in [0.1, 0.15) is 0 Å². The average molecular weight is 311 g/mol. The van der Waals surface area contributed by atoms with E-state index in [0.29, 0.717) is 4.88 Å². The van der Waals surface area contributed by atoms with Crippen LogP contribution in [0.25, 0.3) is 0 Å². The Labute approximate surface area is 120 Å². The van der Waals surface area contributed by atoms with Crippen molar-refractivity contribution in [2.24, 2.45) is 0 Å². The maximum atomic E-state index is 12.0. The number of hydrogen-bond donors (Lipinski definition) is 1. The van der Waals surface area contributed by atoms with Gasteiger partial charge in [-0.15, -0.1) is 11.3 Å². The average Bonchev–Trinajstić information content (AvgIpc) is 2.98. The molecule has 2 aromatic heterocycles. The summed E-state index contributed by atoms with van der Waals surface area (Å²) in [7, 11) is -3.19. The van der Waals surface area contributed by atoms with Crippen LogP contribution in [0.1, 0.15) is 33.2 Å². The summed E-state index contributed by atoms with van der Waals surface area (Å²) in [5.41, 5.74) is 0.